The van der Waals surface area contributed by atoms with E-state index in [1.54, 1.807) is 0 Å². The zero-order valence-electron chi connectivity index (χ0n) is 42.1. The van der Waals surface area contributed by atoms with E-state index in [9.17, 15) is 0 Å². The minimum Gasteiger partial charge on any atom is -0.456 e. The van der Waals surface area contributed by atoms with Gasteiger partial charge in [0.05, 0.1) is 55.5 Å². The third kappa shape index (κ3) is 4.94. The number of ether oxygens (including phenoxy) is 2. The van der Waals surface area contributed by atoms with Gasteiger partial charge in [-0.1, -0.05) is 175 Å². The van der Waals surface area contributed by atoms with Crippen LogP contribution in [0.5, 0.6) is 23.0 Å². The highest BCUT2D eigenvalue weighted by Crippen LogP contribution is 2.51. The van der Waals surface area contributed by atoms with Crippen LogP contribution in [0, 0.1) is 0 Å². The first-order valence-corrected chi connectivity index (χ1v) is 26.2. The molecule has 0 spiro atoms. The number of rotatable bonds is 2. The van der Waals surface area contributed by atoms with Crippen LogP contribution >= 0.6 is 0 Å². The first-order chi connectivity index (χ1) is 36.0. The van der Waals surface area contributed by atoms with Crippen LogP contribution in [-0.4, -0.2) is 31.7 Å². The molecule has 13 aromatic rings. The number of nitrogens with zero attached hydrogens (tertiary/aromatic N) is 4. The summed E-state index contributed by atoms with van der Waals surface area (Å²) in [6, 6.07) is 67.6. The Labute approximate surface area is 428 Å². The molecule has 0 radical (unpaired) electrons. The minimum absolute atomic E-state index is 0.0904. The molecule has 350 valence electrons. The van der Waals surface area contributed by atoms with E-state index in [0.717, 1.165) is 56.7 Å². The SMILES string of the molecule is CC(C)(C)c1ccc2c(c1)B1c3c(c4c5c(c3-n3c6c1cccc6c1c3c3ccccc3n1-c1ccccc1)Oc1ccc(C(C)(C)C)cc1B5c1cccc3c1n-4c1c4ccccc4n(-c4ccccc4)c31)O2. The summed E-state index contributed by atoms with van der Waals surface area (Å²) < 4.78 is 25.9. The first kappa shape index (κ1) is 40.9. The number of hydrogen-bond acceptors (Lipinski definition) is 2. The summed E-state index contributed by atoms with van der Waals surface area (Å²) in [5.41, 5.74) is 23.4. The van der Waals surface area contributed by atoms with Gasteiger partial charge in [-0.3, -0.25) is 0 Å². The molecule has 0 atom stereocenters. The molecule has 0 amide bonds. The Bertz CT molecular complexity index is 4390. The van der Waals surface area contributed by atoms with Crippen molar-refractivity contribution >= 4 is 112 Å². The molecule has 0 saturated heterocycles. The van der Waals surface area contributed by atoms with E-state index in [0.29, 0.717) is 0 Å². The second kappa shape index (κ2) is 13.7. The molecule has 4 aromatic heterocycles. The number of aromatic nitrogens is 4. The van der Waals surface area contributed by atoms with E-state index in [1.807, 2.05) is 0 Å². The Morgan fingerprint density at radius 3 is 1.14 bits per heavy atom. The molecule has 4 aliphatic rings. The molecule has 0 fully saturated rings. The topological polar surface area (TPSA) is 38.2 Å². The van der Waals surface area contributed by atoms with E-state index in [-0.39, 0.29) is 24.3 Å². The lowest BCUT2D eigenvalue weighted by molar-refractivity contribution is 0.471. The molecule has 0 aliphatic carbocycles. The van der Waals surface area contributed by atoms with E-state index < -0.39 is 0 Å². The lowest BCUT2D eigenvalue weighted by Crippen LogP contribution is -2.63. The van der Waals surface area contributed by atoms with Crippen molar-refractivity contribution in [3.63, 3.8) is 0 Å². The maximum Gasteiger partial charge on any atom is 0.256 e. The van der Waals surface area contributed by atoms with Crippen LogP contribution in [0.1, 0.15) is 52.7 Å². The van der Waals surface area contributed by atoms with Crippen molar-refractivity contribution in [3.8, 4) is 45.7 Å². The molecular formula is C66H48B2N4O2. The van der Waals surface area contributed by atoms with Crippen LogP contribution in [-0.2, 0) is 10.8 Å². The average Bonchev–Trinajstić information content (AvgIpc) is 4.15. The Balaban J connectivity index is 1.12. The van der Waals surface area contributed by atoms with Crippen molar-refractivity contribution in [2.45, 2.75) is 52.4 Å². The van der Waals surface area contributed by atoms with Gasteiger partial charge in [0.25, 0.3) is 13.4 Å². The maximum absolute atomic E-state index is 7.86. The Morgan fingerprint density at radius 2 is 0.716 bits per heavy atom. The normalized spacial score (nSPS) is 14.0. The molecule has 6 nitrogen and oxygen atoms in total. The van der Waals surface area contributed by atoms with E-state index >= 15 is 0 Å². The molecule has 74 heavy (non-hydrogen) atoms. The summed E-state index contributed by atoms with van der Waals surface area (Å²) >= 11 is 0. The van der Waals surface area contributed by atoms with E-state index in [1.165, 1.54) is 98.7 Å². The predicted molar refractivity (Wildman–Crippen MR) is 309 cm³/mol. The van der Waals surface area contributed by atoms with Crippen molar-refractivity contribution in [1.29, 1.82) is 0 Å². The molecular weight excluding hydrogens is 902 g/mol. The summed E-state index contributed by atoms with van der Waals surface area (Å²) in [6.45, 7) is 13.5. The summed E-state index contributed by atoms with van der Waals surface area (Å²) in [5.74, 6) is 3.58. The molecule has 8 heteroatoms. The van der Waals surface area contributed by atoms with E-state index in [2.05, 4.69) is 242 Å². The zero-order chi connectivity index (χ0) is 49.3. The fourth-order valence-electron chi connectivity index (χ4n) is 14.0. The van der Waals surface area contributed by atoms with Gasteiger partial charge in [0, 0.05) is 43.8 Å². The van der Waals surface area contributed by atoms with Gasteiger partial charge in [-0.2, -0.15) is 0 Å². The van der Waals surface area contributed by atoms with Crippen molar-refractivity contribution in [2.75, 3.05) is 0 Å². The molecule has 8 heterocycles. The van der Waals surface area contributed by atoms with Gasteiger partial charge in [0.15, 0.2) is 0 Å². The Kier molecular flexibility index (Phi) is 7.58. The Hall–Kier alpha value is -8.61. The molecule has 17 rings (SSSR count). The molecule has 9 aromatic carbocycles. The fraction of sp³-hybridized carbons (Fsp3) is 0.121. The van der Waals surface area contributed by atoms with Gasteiger partial charge in [-0.15, -0.1) is 0 Å². The monoisotopic (exact) mass is 950 g/mol. The number of hydrogen-bond donors (Lipinski definition) is 0. The molecule has 4 aliphatic heterocycles. The van der Waals surface area contributed by atoms with Gasteiger partial charge in [-0.05, 0) is 92.3 Å². The smallest absolute Gasteiger partial charge is 0.256 e. The third-order valence-corrected chi connectivity index (χ3v) is 17.1. The summed E-state index contributed by atoms with van der Waals surface area (Å²) in [7, 11) is 0. The lowest BCUT2D eigenvalue weighted by atomic mass is 9.31. The minimum atomic E-state index is -0.171. The number of benzene rings is 9. The van der Waals surface area contributed by atoms with Crippen LogP contribution in [0.4, 0.5) is 0 Å². The number of fused-ring (bicyclic) bond motifs is 20. The molecule has 0 unspecified atom stereocenters. The maximum atomic E-state index is 7.86. The second-order valence-corrected chi connectivity index (χ2v) is 23.2. The Morgan fingerprint density at radius 1 is 0.338 bits per heavy atom. The highest BCUT2D eigenvalue weighted by Gasteiger charge is 2.51. The van der Waals surface area contributed by atoms with Crippen LogP contribution < -0.4 is 42.3 Å². The van der Waals surface area contributed by atoms with Gasteiger partial charge in [-0.25, -0.2) is 0 Å². The van der Waals surface area contributed by atoms with Gasteiger partial charge >= 0.3 is 0 Å². The van der Waals surface area contributed by atoms with Crippen molar-refractivity contribution in [1.82, 2.24) is 18.3 Å². The molecule has 0 bridgehead atoms. The quantitative estimate of drug-likeness (QED) is 0.162. The first-order valence-electron chi connectivity index (χ1n) is 26.2. The molecule has 0 saturated carbocycles. The van der Waals surface area contributed by atoms with Crippen molar-refractivity contribution in [3.05, 3.63) is 193 Å². The molecule has 0 N–H and O–H groups in total. The van der Waals surface area contributed by atoms with Crippen molar-refractivity contribution < 1.29 is 9.47 Å². The average molecular weight is 951 g/mol. The van der Waals surface area contributed by atoms with Crippen molar-refractivity contribution in [2.24, 2.45) is 0 Å². The third-order valence-electron chi connectivity index (χ3n) is 17.1. The fourth-order valence-corrected chi connectivity index (χ4v) is 14.0. The van der Waals surface area contributed by atoms with Gasteiger partial charge < -0.3 is 27.7 Å². The summed E-state index contributed by atoms with van der Waals surface area (Å²) in [4.78, 5) is 0. The number of para-hydroxylation sites is 6. The second-order valence-electron chi connectivity index (χ2n) is 23.2. The van der Waals surface area contributed by atoms with Crippen LogP contribution in [0.2, 0.25) is 0 Å². The van der Waals surface area contributed by atoms with Crippen LogP contribution in [0.25, 0.3) is 88.4 Å². The van der Waals surface area contributed by atoms with Gasteiger partial charge in [0.2, 0.25) is 0 Å². The zero-order valence-corrected chi connectivity index (χ0v) is 42.1. The van der Waals surface area contributed by atoms with E-state index in [4.69, 9.17) is 9.47 Å². The highest BCUT2D eigenvalue weighted by atomic mass is 16.5. The largest absolute Gasteiger partial charge is 0.456 e. The highest BCUT2D eigenvalue weighted by molar-refractivity contribution is 7.02. The van der Waals surface area contributed by atoms with Crippen LogP contribution in [0.15, 0.2) is 182 Å². The van der Waals surface area contributed by atoms with Gasteiger partial charge in [0.1, 0.15) is 23.0 Å². The summed E-state index contributed by atoms with van der Waals surface area (Å²) in [5, 5.41) is 4.80. The standard InChI is InChI=1S/C66H48B2N4O2/c1-65(2,3)37-31-33-51-47(35-37)67-45-27-17-25-43-55(45)71(57-41-23-13-15-29-49(41)69(59(43)57)39-19-9-7-10-20-39)61-53(67)63(73-51)62-54-64(61)74-52-34-32-38(66(4,5)6)36-48(52)68(54)46-28-18-26-44-56(46)72(62)58-42-24-14-16-30-50(42)70(60(44)58)40-21-11-8-12-22-40/h7-36H,1-6H3. The van der Waals surface area contributed by atoms with Crippen LogP contribution in [0.3, 0.4) is 0 Å². The predicted octanol–water partition coefficient (Wildman–Crippen LogP) is 12.2. The summed E-state index contributed by atoms with van der Waals surface area (Å²) in [6.07, 6.45) is 0. The lowest BCUT2D eigenvalue weighted by Gasteiger charge is -2.41.